The van der Waals surface area contributed by atoms with Crippen LogP contribution in [0.1, 0.15) is 13.3 Å². The second kappa shape index (κ2) is 8.70. The highest BCUT2D eigenvalue weighted by molar-refractivity contribution is 5.06. The molecule has 0 bridgehead atoms. The first-order valence-corrected chi connectivity index (χ1v) is 5.88. The first kappa shape index (κ1) is 13.6. The van der Waals surface area contributed by atoms with Crippen molar-refractivity contribution in [2.45, 2.75) is 19.4 Å². The third kappa shape index (κ3) is 6.23. The summed E-state index contributed by atoms with van der Waals surface area (Å²) in [5, 5.41) is 3.42. The lowest BCUT2D eigenvalue weighted by Crippen LogP contribution is -2.33. The molecule has 1 heterocycles. The van der Waals surface area contributed by atoms with Gasteiger partial charge in [-0.15, -0.1) is 0 Å². The molecule has 1 N–H and O–H groups in total. The number of methoxy groups -OCH3 is 1. The Balaban J connectivity index is 2.00. The quantitative estimate of drug-likeness (QED) is 0.497. The maximum Gasteiger partial charge on any atom is 0.0701 e. The summed E-state index contributed by atoms with van der Waals surface area (Å²) in [4.78, 5) is 0. The lowest BCUT2D eigenvalue weighted by atomic mass is 10.2. The summed E-state index contributed by atoms with van der Waals surface area (Å²) in [6.45, 7) is 6.69. The van der Waals surface area contributed by atoms with E-state index in [1.807, 2.05) is 0 Å². The average Bonchev–Trinajstić information content (AvgIpc) is 2.33. The van der Waals surface area contributed by atoms with E-state index in [4.69, 9.17) is 14.2 Å². The smallest absolute Gasteiger partial charge is 0.0701 e. The van der Waals surface area contributed by atoms with Crippen molar-refractivity contribution in [3.05, 3.63) is 11.6 Å². The van der Waals surface area contributed by atoms with Crippen molar-refractivity contribution in [1.82, 2.24) is 5.32 Å². The molecule has 4 heteroatoms. The molecule has 0 spiro atoms. The van der Waals surface area contributed by atoms with Crippen LogP contribution in [0, 0.1) is 0 Å². The minimum Gasteiger partial charge on any atom is -0.382 e. The van der Waals surface area contributed by atoms with Crippen LogP contribution < -0.4 is 5.32 Å². The molecular weight excluding hydrogens is 206 g/mol. The zero-order valence-corrected chi connectivity index (χ0v) is 10.3. The van der Waals surface area contributed by atoms with Crippen LogP contribution in [0.5, 0.6) is 0 Å². The van der Waals surface area contributed by atoms with Crippen LogP contribution in [0.25, 0.3) is 0 Å². The zero-order chi connectivity index (χ0) is 11.6. The van der Waals surface area contributed by atoms with Gasteiger partial charge in [-0.1, -0.05) is 6.08 Å². The molecule has 0 saturated heterocycles. The van der Waals surface area contributed by atoms with Gasteiger partial charge in [-0.2, -0.15) is 0 Å². The number of ether oxygens (including phenoxy) is 3. The Morgan fingerprint density at radius 3 is 3.06 bits per heavy atom. The van der Waals surface area contributed by atoms with Crippen molar-refractivity contribution in [2.24, 2.45) is 0 Å². The molecule has 0 aromatic carbocycles. The molecule has 1 atom stereocenters. The van der Waals surface area contributed by atoms with Crippen LogP contribution in [0.15, 0.2) is 11.6 Å². The molecule has 0 aromatic rings. The molecule has 94 valence electrons. The van der Waals surface area contributed by atoms with E-state index in [0.29, 0.717) is 19.3 Å². The van der Waals surface area contributed by atoms with Gasteiger partial charge in [0.2, 0.25) is 0 Å². The molecule has 0 aliphatic carbocycles. The molecule has 4 nitrogen and oxygen atoms in total. The summed E-state index contributed by atoms with van der Waals surface area (Å²) >= 11 is 0. The lowest BCUT2D eigenvalue weighted by molar-refractivity contribution is 0.0611. The number of hydrogen-bond acceptors (Lipinski definition) is 4. The monoisotopic (exact) mass is 229 g/mol. The van der Waals surface area contributed by atoms with Gasteiger partial charge in [-0.3, -0.25) is 0 Å². The Bertz CT molecular complexity index is 206. The standard InChI is InChI=1S/C12H23NO3/c1-11(9-16-7-6-14-2)13-8-12-4-3-5-15-10-12/h4,11,13H,3,5-10H2,1-2H3. The first-order valence-electron chi connectivity index (χ1n) is 5.88. The van der Waals surface area contributed by atoms with Crippen molar-refractivity contribution in [3.8, 4) is 0 Å². The Hall–Kier alpha value is -0.420. The SMILES string of the molecule is COCCOCC(C)NCC1=CCCOC1. The summed E-state index contributed by atoms with van der Waals surface area (Å²) in [6.07, 6.45) is 3.30. The van der Waals surface area contributed by atoms with Gasteiger partial charge in [0, 0.05) is 19.7 Å². The van der Waals surface area contributed by atoms with E-state index in [-0.39, 0.29) is 0 Å². The van der Waals surface area contributed by atoms with Crippen molar-refractivity contribution in [2.75, 3.05) is 46.7 Å². The van der Waals surface area contributed by atoms with Crippen molar-refractivity contribution < 1.29 is 14.2 Å². The van der Waals surface area contributed by atoms with Crippen LogP contribution in [-0.2, 0) is 14.2 Å². The van der Waals surface area contributed by atoms with E-state index in [2.05, 4.69) is 18.3 Å². The van der Waals surface area contributed by atoms with Crippen LogP contribution in [0.4, 0.5) is 0 Å². The third-order valence-corrected chi connectivity index (χ3v) is 2.46. The van der Waals surface area contributed by atoms with Gasteiger partial charge in [0.1, 0.15) is 0 Å². The lowest BCUT2D eigenvalue weighted by Gasteiger charge is -2.18. The maximum absolute atomic E-state index is 5.44. The van der Waals surface area contributed by atoms with Crippen LogP contribution in [-0.4, -0.2) is 52.7 Å². The molecule has 1 aliphatic heterocycles. The molecule has 1 aliphatic rings. The molecular formula is C12H23NO3. The van der Waals surface area contributed by atoms with Crippen molar-refractivity contribution in [3.63, 3.8) is 0 Å². The summed E-state index contributed by atoms with van der Waals surface area (Å²) < 4.78 is 15.7. The van der Waals surface area contributed by atoms with Crippen molar-refractivity contribution in [1.29, 1.82) is 0 Å². The second-order valence-electron chi connectivity index (χ2n) is 4.05. The minimum atomic E-state index is 0.361. The highest BCUT2D eigenvalue weighted by atomic mass is 16.5. The molecule has 0 fully saturated rings. The van der Waals surface area contributed by atoms with E-state index < -0.39 is 0 Å². The fourth-order valence-electron chi connectivity index (χ4n) is 1.50. The Kier molecular flexibility index (Phi) is 7.42. The van der Waals surface area contributed by atoms with E-state index in [0.717, 1.165) is 32.8 Å². The Labute approximate surface area is 97.9 Å². The number of rotatable bonds is 8. The van der Waals surface area contributed by atoms with Gasteiger partial charge < -0.3 is 19.5 Å². The van der Waals surface area contributed by atoms with Gasteiger partial charge in [0.25, 0.3) is 0 Å². The van der Waals surface area contributed by atoms with E-state index in [1.165, 1.54) is 5.57 Å². The van der Waals surface area contributed by atoms with Crippen LogP contribution in [0.2, 0.25) is 0 Å². The highest BCUT2D eigenvalue weighted by Crippen LogP contribution is 2.04. The predicted molar refractivity (Wildman–Crippen MR) is 63.7 cm³/mol. The zero-order valence-electron chi connectivity index (χ0n) is 10.3. The summed E-state index contributed by atoms with van der Waals surface area (Å²) in [5.41, 5.74) is 1.34. The molecule has 1 rings (SSSR count). The van der Waals surface area contributed by atoms with Crippen LogP contribution in [0.3, 0.4) is 0 Å². The first-order chi connectivity index (χ1) is 7.83. The summed E-state index contributed by atoms with van der Waals surface area (Å²) in [7, 11) is 1.68. The Morgan fingerprint density at radius 2 is 2.38 bits per heavy atom. The molecule has 0 radical (unpaired) electrons. The highest BCUT2D eigenvalue weighted by Gasteiger charge is 2.06. The molecule has 16 heavy (non-hydrogen) atoms. The average molecular weight is 229 g/mol. The molecule has 0 aromatic heterocycles. The summed E-state index contributed by atoms with van der Waals surface area (Å²) in [5.74, 6) is 0. The topological polar surface area (TPSA) is 39.7 Å². The predicted octanol–water partition coefficient (Wildman–Crippen LogP) is 0.974. The fourth-order valence-corrected chi connectivity index (χ4v) is 1.50. The molecule has 0 saturated carbocycles. The largest absolute Gasteiger partial charge is 0.382 e. The van der Waals surface area contributed by atoms with Gasteiger partial charge in [0.15, 0.2) is 0 Å². The normalized spacial score (nSPS) is 18.2. The van der Waals surface area contributed by atoms with E-state index in [9.17, 15) is 0 Å². The van der Waals surface area contributed by atoms with Crippen molar-refractivity contribution >= 4 is 0 Å². The fraction of sp³-hybridized carbons (Fsp3) is 0.833. The maximum atomic E-state index is 5.44. The molecule has 0 amide bonds. The molecule has 1 unspecified atom stereocenters. The van der Waals surface area contributed by atoms with Crippen LogP contribution >= 0.6 is 0 Å². The van der Waals surface area contributed by atoms with E-state index >= 15 is 0 Å². The number of nitrogens with one attached hydrogen (secondary N) is 1. The number of hydrogen-bond donors (Lipinski definition) is 1. The van der Waals surface area contributed by atoms with Gasteiger partial charge >= 0.3 is 0 Å². The summed E-state index contributed by atoms with van der Waals surface area (Å²) in [6, 6.07) is 0.361. The van der Waals surface area contributed by atoms with E-state index in [1.54, 1.807) is 7.11 Å². The van der Waals surface area contributed by atoms with Gasteiger partial charge in [-0.25, -0.2) is 0 Å². The third-order valence-electron chi connectivity index (χ3n) is 2.46. The minimum absolute atomic E-state index is 0.361. The second-order valence-corrected chi connectivity index (χ2v) is 4.05. The Morgan fingerprint density at radius 1 is 1.50 bits per heavy atom. The van der Waals surface area contributed by atoms with Gasteiger partial charge in [-0.05, 0) is 18.9 Å². The van der Waals surface area contributed by atoms with Gasteiger partial charge in [0.05, 0.1) is 33.0 Å².